The summed E-state index contributed by atoms with van der Waals surface area (Å²) in [7, 11) is 0. The average Bonchev–Trinajstić information content (AvgIpc) is 2.51. The van der Waals surface area contributed by atoms with E-state index < -0.39 is 12.0 Å². The molecule has 0 bridgehead atoms. The second-order valence-electron chi connectivity index (χ2n) is 5.17. The molecule has 1 amide bonds. The number of carbonyl (C=O) groups is 2. The molecule has 1 aromatic rings. The highest BCUT2D eigenvalue weighted by Gasteiger charge is 2.25. The third-order valence-electron chi connectivity index (χ3n) is 3.45. The van der Waals surface area contributed by atoms with Gasteiger partial charge in [0, 0.05) is 5.02 Å². The Bertz CT molecular complexity index is 601. The molecule has 118 valence electrons. The first-order valence-corrected chi connectivity index (χ1v) is 7.84. The van der Waals surface area contributed by atoms with Gasteiger partial charge >= 0.3 is 5.97 Å². The fraction of sp³-hybridized carbons (Fsp3) is 0.375. The second-order valence-corrected chi connectivity index (χ2v) is 6.02. The first-order chi connectivity index (χ1) is 10.5. The third-order valence-corrected chi connectivity index (χ3v) is 4.02. The van der Waals surface area contributed by atoms with Crippen LogP contribution in [0.15, 0.2) is 30.4 Å². The van der Waals surface area contributed by atoms with Gasteiger partial charge in [0.05, 0.1) is 16.6 Å². The van der Waals surface area contributed by atoms with Crippen LogP contribution in [0.25, 0.3) is 0 Å². The molecule has 4 nitrogen and oxygen atoms in total. The summed E-state index contributed by atoms with van der Waals surface area (Å²) >= 11 is 11.8. The molecule has 1 N–H and O–H groups in total. The number of hydrogen-bond acceptors (Lipinski definition) is 3. The first-order valence-electron chi connectivity index (χ1n) is 7.09. The number of esters is 1. The number of halogens is 2. The van der Waals surface area contributed by atoms with Gasteiger partial charge in [-0.05, 0) is 44.4 Å². The summed E-state index contributed by atoms with van der Waals surface area (Å²) in [6, 6.07) is 4.76. The van der Waals surface area contributed by atoms with E-state index in [-0.39, 0.29) is 11.9 Å². The molecule has 0 aromatic heterocycles. The minimum absolute atomic E-state index is 0.171. The molecular formula is C16H17Cl2NO3. The van der Waals surface area contributed by atoms with Gasteiger partial charge < -0.3 is 10.1 Å². The summed E-state index contributed by atoms with van der Waals surface area (Å²) in [5.41, 5.74) is 0.391. The van der Waals surface area contributed by atoms with Crippen molar-refractivity contribution in [3.8, 4) is 0 Å². The minimum Gasteiger partial charge on any atom is -0.452 e. The number of carbonyl (C=O) groups excluding carboxylic acids is 2. The second kappa shape index (κ2) is 7.65. The van der Waals surface area contributed by atoms with Crippen molar-refractivity contribution in [3.63, 3.8) is 0 Å². The smallest absolute Gasteiger partial charge is 0.310 e. The van der Waals surface area contributed by atoms with E-state index in [1.165, 1.54) is 6.92 Å². The van der Waals surface area contributed by atoms with E-state index in [4.69, 9.17) is 27.9 Å². The Morgan fingerprint density at radius 3 is 2.77 bits per heavy atom. The summed E-state index contributed by atoms with van der Waals surface area (Å²) in [5, 5.41) is 3.44. The van der Waals surface area contributed by atoms with Gasteiger partial charge in [-0.2, -0.15) is 0 Å². The maximum absolute atomic E-state index is 12.1. The van der Waals surface area contributed by atoms with Crippen molar-refractivity contribution >= 4 is 40.8 Å². The molecule has 2 atom stereocenters. The van der Waals surface area contributed by atoms with E-state index in [0.717, 1.165) is 12.8 Å². The molecule has 1 aliphatic carbocycles. The van der Waals surface area contributed by atoms with Gasteiger partial charge in [-0.3, -0.25) is 9.59 Å². The van der Waals surface area contributed by atoms with Crippen molar-refractivity contribution in [1.82, 2.24) is 0 Å². The Morgan fingerprint density at radius 1 is 1.32 bits per heavy atom. The van der Waals surface area contributed by atoms with E-state index >= 15 is 0 Å². The molecule has 0 fully saturated rings. The SMILES string of the molecule is C[C@@H](OC(=O)[C@H]1CC=CCC1)C(=O)Nc1cc(Cl)ccc1Cl. The lowest BCUT2D eigenvalue weighted by molar-refractivity contribution is -0.157. The fourth-order valence-corrected chi connectivity index (χ4v) is 2.50. The Hall–Kier alpha value is -1.52. The molecule has 0 saturated carbocycles. The normalized spacial score (nSPS) is 18.6. The molecule has 0 radical (unpaired) electrons. The van der Waals surface area contributed by atoms with Crippen molar-refractivity contribution in [2.45, 2.75) is 32.3 Å². The predicted octanol–water partition coefficient (Wildman–Crippen LogP) is 4.22. The molecular weight excluding hydrogens is 325 g/mol. The average molecular weight is 342 g/mol. The molecule has 0 aliphatic heterocycles. The zero-order valence-corrected chi connectivity index (χ0v) is 13.7. The van der Waals surface area contributed by atoms with Crippen LogP contribution in [-0.4, -0.2) is 18.0 Å². The van der Waals surface area contributed by atoms with E-state index in [1.54, 1.807) is 18.2 Å². The van der Waals surface area contributed by atoms with Crippen LogP contribution in [0.3, 0.4) is 0 Å². The van der Waals surface area contributed by atoms with Crippen LogP contribution in [0, 0.1) is 5.92 Å². The number of hydrogen-bond donors (Lipinski definition) is 1. The maximum atomic E-state index is 12.1. The van der Waals surface area contributed by atoms with Crippen LogP contribution >= 0.6 is 23.2 Å². The van der Waals surface area contributed by atoms with Crippen LogP contribution in [0.4, 0.5) is 5.69 Å². The van der Waals surface area contributed by atoms with Gasteiger partial charge in [0.25, 0.3) is 5.91 Å². The molecule has 1 aliphatic rings. The number of anilines is 1. The van der Waals surface area contributed by atoms with Gasteiger partial charge in [-0.1, -0.05) is 35.4 Å². The summed E-state index contributed by atoms with van der Waals surface area (Å²) in [6.07, 6.45) is 5.39. The molecule has 22 heavy (non-hydrogen) atoms. The van der Waals surface area contributed by atoms with Crippen LogP contribution in [0.2, 0.25) is 10.0 Å². The first kappa shape index (κ1) is 16.8. The number of rotatable bonds is 4. The molecule has 0 unspecified atom stereocenters. The van der Waals surface area contributed by atoms with Crippen molar-refractivity contribution in [1.29, 1.82) is 0 Å². The maximum Gasteiger partial charge on any atom is 0.310 e. The lowest BCUT2D eigenvalue weighted by Gasteiger charge is -2.20. The molecule has 0 saturated heterocycles. The Kier molecular flexibility index (Phi) is 5.86. The zero-order valence-electron chi connectivity index (χ0n) is 12.1. The van der Waals surface area contributed by atoms with Crippen molar-refractivity contribution in [2.75, 3.05) is 5.32 Å². The Balaban J connectivity index is 1.93. The van der Waals surface area contributed by atoms with Crippen LogP contribution < -0.4 is 5.32 Å². The summed E-state index contributed by atoms with van der Waals surface area (Å²) in [4.78, 5) is 24.1. The van der Waals surface area contributed by atoms with Crippen molar-refractivity contribution in [3.05, 3.63) is 40.4 Å². The molecule has 6 heteroatoms. The number of amides is 1. The number of ether oxygens (including phenoxy) is 1. The largest absolute Gasteiger partial charge is 0.452 e. The highest BCUT2D eigenvalue weighted by atomic mass is 35.5. The van der Waals surface area contributed by atoms with Crippen LogP contribution in [0.1, 0.15) is 26.2 Å². The number of nitrogens with one attached hydrogen (secondary N) is 1. The van der Waals surface area contributed by atoms with Gasteiger partial charge in [0.2, 0.25) is 0 Å². The topological polar surface area (TPSA) is 55.4 Å². The zero-order chi connectivity index (χ0) is 16.1. The monoisotopic (exact) mass is 341 g/mol. The van der Waals surface area contributed by atoms with Gasteiger partial charge in [-0.15, -0.1) is 0 Å². The predicted molar refractivity (Wildman–Crippen MR) is 87.1 cm³/mol. The number of allylic oxidation sites excluding steroid dienone is 2. The summed E-state index contributed by atoms with van der Waals surface area (Å²) < 4.78 is 5.23. The summed E-state index contributed by atoms with van der Waals surface area (Å²) in [6.45, 7) is 1.53. The quantitative estimate of drug-likeness (QED) is 0.658. The lowest BCUT2D eigenvalue weighted by Crippen LogP contribution is -2.32. The van der Waals surface area contributed by atoms with E-state index in [1.807, 2.05) is 12.2 Å². The highest BCUT2D eigenvalue weighted by molar-refractivity contribution is 6.35. The third kappa shape index (κ3) is 4.49. The van der Waals surface area contributed by atoms with Crippen molar-refractivity contribution < 1.29 is 14.3 Å². The van der Waals surface area contributed by atoms with E-state index in [2.05, 4.69) is 5.32 Å². The molecule has 0 spiro atoms. The number of benzene rings is 1. The van der Waals surface area contributed by atoms with E-state index in [9.17, 15) is 9.59 Å². The molecule has 0 heterocycles. The van der Waals surface area contributed by atoms with Crippen LogP contribution in [-0.2, 0) is 14.3 Å². The Morgan fingerprint density at radius 2 is 2.09 bits per heavy atom. The minimum atomic E-state index is -0.895. The molecule has 1 aromatic carbocycles. The highest BCUT2D eigenvalue weighted by Crippen LogP contribution is 2.26. The molecule has 2 rings (SSSR count). The van der Waals surface area contributed by atoms with E-state index in [0.29, 0.717) is 22.2 Å². The van der Waals surface area contributed by atoms with Gasteiger partial charge in [-0.25, -0.2) is 0 Å². The fourth-order valence-electron chi connectivity index (χ4n) is 2.16. The van der Waals surface area contributed by atoms with Crippen molar-refractivity contribution in [2.24, 2.45) is 5.92 Å². The lowest BCUT2D eigenvalue weighted by atomic mass is 9.95. The van der Waals surface area contributed by atoms with Crippen LogP contribution in [0.5, 0.6) is 0 Å². The Labute approximate surface area is 139 Å². The van der Waals surface area contributed by atoms with Gasteiger partial charge in [0.15, 0.2) is 6.10 Å². The van der Waals surface area contributed by atoms with Gasteiger partial charge in [0.1, 0.15) is 0 Å². The standard InChI is InChI=1S/C16H17Cl2NO3/c1-10(22-16(21)11-5-3-2-4-6-11)15(20)19-14-9-12(17)7-8-13(14)18/h2-3,7-11H,4-6H2,1H3,(H,19,20)/t10-,11+/m1/s1. The summed E-state index contributed by atoms with van der Waals surface area (Å²) in [5.74, 6) is -0.955.